The SMILES string of the molecule is CN(C)C(CNC(=O)c1cc(-c2ccccc2)on1)c1ccccc1. The van der Waals surface area contributed by atoms with Gasteiger partial charge in [-0.25, -0.2) is 0 Å². The summed E-state index contributed by atoms with van der Waals surface area (Å²) in [6.45, 7) is 0.489. The fourth-order valence-corrected chi connectivity index (χ4v) is 2.67. The maximum atomic E-state index is 12.4. The van der Waals surface area contributed by atoms with E-state index >= 15 is 0 Å². The van der Waals surface area contributed by atoms with Crippen LogP contribution in [0.3, 0.4) is 0 Å². The van der Waals surface area contributed by atoms with Crippen LogP contribution in [0.1, 0.15) is 22.1 Å². The van der Waals surface area contributed by atoms with Gasteiger partial charge in [0.25, 0.3) is 5.91 Å². The van der Waals surface area contributed by atoms with Gasteiger partial charge in [0.05, 0.1) is 6.04 Å². The van der Waals surface area contributed by atoms with Crippen molar-refractivity contribution in [3.8, 4) is 11.3 Å². The molecule has 1 N–H and O–H groups in total. The number of rotatable bonds is 6. The standard InChI is InChI=1S/C20H21N3O2/c1-23(2)18(15-9-5-3-6-10-15)14-21-20(24)17-13-19(25-22-17)16-11-7-4-8-12-16/h3-13,18H,14H2,1-2H3,(H,21,24). The minimum absolute atomic E-state index is 0.0886. The fraction of sp³-hybridized carbons (Fsp3) is 0.200. The lowest BCUT2D eigenvalue weighted by Crippen LogP contribution is -2.34. The van der Waals surface area contributed by atoms with Gasteiger partial charge in [-0.15, -0.1) is 0 Å². The zero-order valence-electron chi connectivity index (χ0n) is 14.3. The minimum Gasteiger partial charge on any atom is -0.355 e. The highest BCUT2D eigenvalue weighted by atomic mass is 16.5. The molecule has 0 aliphatic rings. The quantitative estimate of drug-likeness (QED) is 0.750. The van der Waals surface area contributed by atoms with Crippen molar-refractivity contribution < 1.29 is 9.32 Å². The average molecular weight is 335 g/mol. The molecule has 0 aliphatic heterocycles. The highest BCUT2D eigenvalue weighted by Gasteiger charge is 2.18. The van der Waals surface area contributed by atoms with Gasteiger partial charge in [0, 0.05) is 18.2 Å². The maximum Gasteiger partial charge on any atom is 0.273 e. The predicted octanol–water partition coefficient (Wildman–Crippen LogP) is 3.37. The van der Waals surface area contributed by atoms with Crippen molar-refractivity contribution in [1.29, 1.82) is 0 Å². The van der Waals surface area contributed by atoms with Crippen molar-refractivity contribution in [1.82, 2.24) is 15.4 Å². The van der Waals surface area contributed by atoms with Crippen molar-refractivity contribution in [2.24, 2.45) is 0 Å². The van der Waals surface area contributed by atoms with E-state index in [0.717, 1.165) is 11.1 Å². The second kappa shape index (κ2) is 7.77. The summed E-state index contributed by atoms with van der Waals surface area (Å²) < 4.78 is 5.29. The Balaban J connectivity index is 1.67. The molecule has 0 spiro atoms. The normalized spacial score (nSPS) is 12.1. The molecule has 0 radical (unpaired) electrons. The lowest BCUT2D eigenvalue weighted by atomic mass is 10.1. The van der Waals surface area contributed by atoms with E-state index in [2.05, 4.69) is 27.5 Å². The second-order valence-corrected chi connectivity index (χ2v) is 6.04. The summed E-state index contributed by atoms with van der Waals surface area (Å²) >= 11 is 0. The van der Waals surface area contributed by atoms with E-state index in [1.54, 1.807) is 6.07 Å². The lowest BCUT2D eigenvalue weighted by molar-refractivity contribution is 0.0933. The fourth-order valence-electron chi connectivity index (χ4n) is 2.67. The molecule has 1 heterocycles. The summed E-state index contributed by atoms with van der Waals surface area (Å²) in [4.78, 5) is 14.5. The number of aromatic nitrogens is 1. The van der Waals surface area contributed by atoms with Crippen molar-refractivity contribution in [3.63, 3.8) is 0 Å². The molecule has 0 aliphatic carbocycles. The molecule has 3 aromatic rings. The molecule has 128 valence electrons. The molecule has 0 bridgehead atoms. The van der Waals surface area contributed by atoms with E-state index in [1.165, 1.54) is 0 Å². The molecule has 0 saturated carbocycles. The Kier molecular flexibility index (Phi) is 5.26. The van der Waals surface area contributed by atoms with E-state index in [-0.39, 0.29) is 17.6 Å². The molecule has 25 heavy (non-hydrogen) atoms. The van der Waals surface area contributed by atoms with Crippen molar-refractivity contribution in [3.05, 3.63) is 78.0 Å². The third kappa shape index (κ3) is 4.14. The number of carbonyl (C=O) groups is 1. The van der Waals surface area contributed by atoms with Crippen molar-refractivity contribution in [2.45, 2.75) is 6.04 Å². The van der Waals surface area contributed by atoms with E-state index in [1.807, 2.05) is 62.6 Å². The summed E-state index contributed by atoms with van der Waals surface area (Å²) in [7, 11) is 3.99. The third-order valence-corrected chi connectivity index (χ3v) is 4.06. The first-order valence-electron chi connectivity index (χ1n) is 8.17. The number of hydrogen-bond acceptors (Lipinski definition) is 4. The van der Waals surface area contributed by atoms with Gasteiger partial charge >= 0.3 is 0 Å². The van der Waals surface area contributed by atoms with Gasteiger partial charge in [-0.1, -0.05) is 65.8 Å². The number of nitrogens with zero attached hydrogens (tertiary/aromatic N) is 2. The van der Waals surface area contributed by atoms with E-state index in [0.29, 0.717) is 12.3 Å². The molecule has 5 heteroatoms. The molecule has 1 amide bonds. The summed E-state index contributed by atoms with van der Waals surface area (Å²) in [6, 6.07) is 21.4. The van der Waals surface area contributed by atoms with Crippen molar-refractivity contribution >= 4 is 5.91 Å². The van der Waals surface area contributed by atoms with Crippen molar-refractivity contribution in [2.75, 3.05) is 20.6 Å². The van der Waals surface area contributed by atoms with Gasteiger partial charge in [-0.3, -0.25) is 4.79 Å². The Morgan fingerprint density at radius 1 is 1.08 bits per heavy atom. The molecule has 1 aromatic heterocycles. The van der Waals surface area contributed by atoms with E-state index < -0.39 is 0 Å². The highest BCUT2D eigenvalue weighted by molar-refractivity contribution is 5.93. The number of amides is 1. The zero-order valence-corrected chi connectivity index (χ0v) is 14.3. The largest absolute Gasteiger partial charge is 0.355 e. The molecule has 3 rings (SSSR count). The first-order chi connectivity index (χ1) is 12.1. The zero-order chi connectivity index (χ0) is 17.6. The van der Waals surface area contributed by atoms with Crippen LogP contribution in [0.2, 0.25) is 0 Å². The van der Waals surface area contributed by atoms with Gasteiger partial charge in [0.15, 0.2) is 11.5 Å². The van der Waals surface area contributed by atoms with Crippen LogP contribution in [-0.2, 0) is 0 Å². The average Bonchev–Trinajstić information content (AvgIpc) is 3.13. The van der Waals surface area contributed by atoms with Gasteiger partial charge in [-0.05, 0) is 19.7 Å². The third-order valence-electron chi connectivity index (χ3n) is 4.06. The Morgan fingerprint density at radius 2 is 1.72 bits per heavy atom. The Morgan fingerprint density at radius 3 is 2.36 bits per heavy atom. The molecule has 0 fully saturated rings. The van der Waals surface area contributed by atoms with Gasteiger partial charge < -0.3 is 14.7 Å². The van der Waals surface area contributed by atoms with Crippen LogP contribution < -0.4 is 5.32 Å². The summed E-state index contributed by atoms with van der Waals surface area (Å²) in [5.74, 6) is 0.340. The smallest absolute Gasteiger partial charge is 0.273 e. The Bertz CT molecular complexity index is 813. The highest BCUT2D eigenvalue weighted by Crippen LogP contribution is 2.20. The predicted molar refractivity (Wildman–Crippen MR) is 97.1 cm³/mol. The van der Waals surface area contributed by atoms with Crippen LogP contribution >= 0.6 is 0 Å². The molecule has 0 saturated heterocycles. The van der Waals surface area contributed by atoms with Crippen LogP contribution in [0.5, 0.6) is 0 Å². The Labute approximate surface area is 147 Å². The molecule has 1 unspecified atom stereocenters. The van der Waals surface area contributed by atoms with Gasteiger partial charge in [0.2, 0.25) is 0 Å². The van der Waals surface area contributed by atoms with E-state index in [4.69, 9.17) is 4.52 Å². The number of nitrogens with one attached hydrogen (secondary N) is 1. The number of benzene rings is 2. The molecule has 2 aromatic carbocycles. The molecular weight excluding hydrogens is 314 g/mol. The minimum atomic E-state index is -0.242. The first kappa shape index (κ1) is 16.9. The van der Waals surface area contributed by atoms with Crippen LogP contribution in [-0.4, -0.2) is 36.6 Å². The monoisotopic (exact) mass is 335 g/mol. The number of likely N-dealkylation sites (N-methyl/N-ethyl adjacent to an activating group) is 1. The number of carbonyl (C=O) groups excluding carboxylic acids is 1. The Hall–Kier alpha value is -2.92. The first-order valence-corrected chi connectivity index (χ1v) is 8.17. The molecule has 1 atom stereocenters. The van der Waals surface area contributed by atoms with E-state index in [9.17, 15) is 4.79 Å². The topological polar surface area (TPSA) is 58.4 Å². The van der Waals surface area contributed by atoms with Crippen LogP contribution in [0.25, 0.3) is 11.3 Å². The van der Waals surface area contributed by atoms with Crippen LogP contribution in [0, 0.1) is 0 Å². The lowest BCUT2D eigenvalue weighted by Gasteiger charge is -2.24. The maximum absolute atomic E-state index is 12.4. The summed E-state index contributed by atoms with van der Waals surface area (Å²) in [5, 5.41) is 6.83. The van der Waals surface area contributed by atoms with Crippen LogP contribution in [0.15, 0.2) is 71.3 Å². The second-order valence-electron chi connectivity index (χ2n) is 6.04. The molecule has 5 nitrogen and oxygen atoms in total. The molecular formula is C20H21N3O2. The summed E-state index contributed by atoms with van der Waals surface area (Å²) in [5.41, 5.74) is 2.33. The van der Waals surface area contributed by atoms with Crippen LogP contribution in [0.4, 0.5) is 0 Å². The van der Waals surface area contributed by atoms with Gasteiger partial charge in [0.1, 0.15) is 0 Å². The number of hydrogen-bond donors (Lipinski definition) is 1. The summed E-state index contributed by atoms with van der Waals surface area (Å²) in [6.07, 6.45) is 0. The van der Waals surface area contributed by atoms with Gasteiger partial charge in [-0.2, -0.15) is 0 Å².